The average molecular weight is 344 g/mol. The Kier molecular flexibility index (Phi) is 7.48. The van der Waals surface area contributed by atoms with Gasteiger partial charge in [0, 0.05) is 24.1 Å². The van der Waals surface area contributed by atoms with Crippen LogP contribution >= 0.6 is 0 Å². The molecule has 1 aliphatic carbocycles. The van der Waals surface area contributed by atoms with E-state index in [1.807, 2.05) is 18.2 Å². The van der Waals surface area contributed by atoms with Gasteiger partial charge in [-0.15, -0.1) is 0 Å². The van der Waals surface area contributed by atoms with Gasteiger partial charge in [-0.05, 0) is 69.2 Å². The van der Waals surface area contributed by atoms with E-state index in [4.69, 9.17) is 0 Å². The Morgan fingerprint density at radius 1 is 0.960 bits per heavy atom. The maximum atomic E-state index is 12.5. The number of benzene rings is 1. The molecule has 0 bridgehead atoms. The van der Waals surface area contributed by atoms with Gasteiger partial charge in [0.15, 0.2) is 0 Å². The van der Waals surface area contributed by atoms with Gasteiger partial charge in [0.25, 0.3) is 0 Å². The van der Waals surface area contributed by atoms with Gasteiger partial charge in [-0.3, -0.25) is 9.59 Å². The SMILES string of the molecule is CCCCCNC(=O)C1CCC(C(=O)Nc2ccc(C)c(C)c2)CC1. The van der Waals surface area contributed by atoms with Gasteiger partial charge in [-0.2, -0.15) is 0 Å². The van der Waals surface area contributed by atoms with Crippen LogP contribution in [-0.4, -0.2) is 18.4 Å². The van der Waals surface area contributed by atoms with Gasteiger partial charge in [0.2, 0.25) is 11.8 Å². The molecular formula is C21H32N2O2. The molecule has 0 radical (unpaired) electrons. The molecule has 1 aliphatic rings. The van der Waals surface area contributed by atoms with Crippen molar-refractivity contribution in [2.24, 2.45) is 11.8 Å². The van der Waals surface area contributed by atoms with E-state index in [0.29, 0.717) is 0 Å². The molecule has 0 heterocycles. The van der Waals surface area contributed by atoms with E-state index < -0.39 is 0 Å². The van der Waals surface area contributed by atoms with Crippen molar-refractivity contribution >= 4 is 17.5 Å². The second kappa shape index (κ2) is 9.59. The predicted octanol–water partition coefficient (Wildman–Crippen LogP) is 4.35. The Hall–Kier alpha value is -1.84. The van der Waals surface area contributed by atoms with Crippen LogP contribution in [0.3, 0.4) is 0 Å². The van der Waals surface area contributed by atoms with Crippen LogP contribution in [0.1, 0.15) is 63.0 Å². The van der Waals surface area contributed by atoms with Crippen LogP contribution < -0.4 is 10.6 Å². The summed E-state index contributed by atoms with van der Waals surface area (Å²) in [6.07, 6.45) is 6.58. The summed E-state index contributed by atoms with van der Waals surface area (Å²) in [4.78, 5) is 24.7. The molecule has 2 rings (SSSR count). The highest BCUT2D eigenvalue weighted by Crippen LogP contribution is 2.30. The van der Waals surface area contributed by atoms with Crippen molar-refractivity contribution in [2.45, 2.75) is 65.7 Å². The zero-order valence-electron chi connectivity index (χ0n) is 15.9. The fraction of sp³-hybridized carbons (Fsp3) is 0.619. The summed E-state index contributed by atoms with van der Waals surface area (Å²) in [7, 11) is 0. The molecule has 1 aromatic rings. The van der Waals surface area contributed by atoms with E-state index >= 15 is 0 Å². The van der Waals surface area contributed by atoms with Crippen LogP contribution in [0, 0.1) is 25.7 Å². The van der Waals surface area contributed by atoms with Crippen LogP contribution in [0.15, 0.2) is 18.2 Å². The summed E-state index contributed by atoms with van der Waals surface area (Å²) in [5, 5.41) is 6.08. The van der Waals surface area contributed by atoms with Crippen molar-refractivity contribution in [3.63, 3.8) is 0 Å². The highest BCUT2D eigenvalue weighted by atomic mass is 16.2. The maximum Gasteiger partial charge on any atom is 0.227 e. The molecule has 25 heavy (non-hydrogen) atoms. The van der Waals surface area contributed by atoms with Crippen LogP contribution in [-0.2, 0) is 9.59 Å². The predicted molar refractivity (Wildman–Crippen MR) is 103 cm³/mol. The molecular weight excluding hydrogens is 312 g/mol. The maximum absolute atomic E-state index is 12.5. The topological polar surface area (TPSA) is 58.2 Å². The summed E-state index contributed by atoms with van der Waals surface area (Å²) in [6.45, 7) is 7.05. The number of hydrogen-bond donors (Lipinski definition) is 2. The first kappa shape index (κ1) is 19.5. The molecule has 0 spiro atoms. The van der Waals surface area contributed by atoms with Crippen LogP contribution in [0.4, 0.5) is 5.69 Å². The minimum absolute atomic E-state index is 0.0192. The standard InChI is InChI=1S/C21H32N2O2/c1-4-5-6-13-22-20(24)17-8-10-18(11-9-17)21(25)23-19-12-7-15(2)16(3)14-19/h7,12,14,17-18H,4-6,8-11,13H2,1-3H3,(H,22,24)(H,23,25). The molecule has 0 aromatic heterocycles. The molecule has 1 fully saturated rings. The van der Waals surface area contributed by atoms with Crippen molar-refractivity contribution in [2.75, 3.05) is 11.9 Å². The van der Waals surface area contributed by atoms with Gasteiger partial charge in [-0.25, -0.2) is 0 Å². The third-order valence-electron chi connectivity index (χ3n) is 5.32. The lowest BCUT2D eigenvalue weighted by Gasteiger charge is -2.27. The number of carbonyl (C=O) groups is 2. The van der Waals surface area contributed by atoms with E-state index in [2.05, 4.69) is 31.4 Å². The number of nitrogens with one attached hydrogen (secondary N) is 2. The first-order valence-electron chi connectivity index (χ1n) is 9.67. The number of unbranched alkanes of at least 4 members (excludes halogenated alkanes) is 2. The lowest BCUT2D eigenvalue weighted by molar-refractivity contribution is -0.128. The molecule has 0 atom stereocenters. The van der Waals surface area contributed by atoms with Crippen molar-refractivity contribution in [1.82, 2.24) is 5.32 Å². The van der Waals surface area contributed by atoms with E-state index in [1.54, 1.807) is 0 Å². The minimum Gasteiger partial charge on any atom is -0.356 e. The molecule has 2 amide bonds. The largest absolute Gasteiger partial charge is 0.356 e. The number of amides is 2. The fourth-order valence-corrected chi connectivity index (χ4v) is 3.41. The van der Waals surface area contributed by atoms with Gasteiger partial charge in [0.05, 0.1) is 0 Å². The summed E-state index contributed by atoms with van der Waals surface area (Å²) >= 11 is 0. The summed E-state index contributed by atoms with van der Waals surface area (Å²) in [5.74, 6) is 0.354. The lowest BCUT2D eigenvalue weighted by Crippen LogP contribution is -2.35. The van der Waals surface area contributed by atoms with Crippen molar-refractivity contribution in [1.29, 1.82) is 0 Å². The molecule has 0 aliphatic heterocycles. The second-order valence-corrected chi connectivity index (χ2v) is 7.33. The molecule has 1 saturated carbocycles. The molecule has 0 unspecified atom stereocenters. The summed E-state index contributed by atoms with van der Waals surface area (Å²) in [6, 6.07) is 6.00. The van der Waals surface area contributed by atoms with Gasteiger partial charge >= 0.3 is 0 Å². The first-order chi connectivity index (χ1) is 12.0. The third kappa shape index (κ3) is 5.87. The van der Waals surface area contributed by atoms with E-state index in [0.717, 1.165) is 57.2 Å². The van der Waals surface area contributed by atoms with Crippen LogP contribution in [0.25, 0.3) is 0 Å². The fourth-order valence-electron chi connectivity index (χ4n) is 3.41. The highest BCUT2D eigenvalue weighted by molar-refractivity contribution is 5.93. The number of carbonyl (C=O) groups excluding carboxylic acids is 2. The lowest BCUT2D eigenvalue weighted by atomic mass is 9.81. The zero-order valence-corrected chi connectivity index (χ0v) is 15.9. The molecule has 4 nitrogen and oxygen atoms in total. The van der Waals surface area contributed by atoms with Crippen LogP contribution in [0.5, 0.6) is 0 Å². The Labute approximate surface area is 151 Å². The second-order valence-electron chi connectivity index (χ2n) is 7.33. The first-order valence-corrected chi connectivity index (χ1v) is 9.67. The van der Waals surface area contributed by atoms with Gasteiger partial charge in [0.1, 0.15) is 0 Å². The van der Waals surface area contributed by atoms with Gasteiger partial charge < -0.3 is 10.6 Å². The number of aryl methyl sites for hydroxylation is 2. The molecule has 0 saturated heterocycles. The third-order valence-corrected chi connectivity index (χ3v) is 5.32. The number of anilines is 1. The highest BCUT2D eigenvalue weighted by Gasteiger charge is 2.29. The molecule has 4 heteroatoms. The minimum atomic E-state index is 0.0192. The Bertz CT molecular complexity index is 590. The van der Waals surface area contributed by atoms with E-state index in [-0.39, 0.29) is 23.7 Å². The van der Waals surface area contributed by atoms with Crippen molar-refractivity contribution < 1.29 is 9.59 Å². The average Bonchev–Trinajstić information content (AvgIpc) is 2.62. The normalized spacial score (nSPS) is 20.1. The molecule has 1 aromatic carbocycles. The Morgan fingerprint density at radius 3 is 2.20 bits per heavy atom. The summed E-state index contributed by atoms with van der Waals surface area (Å²) < 4.78 is 0. The molecule has 138 valence electrons. The quantitative estimate of drug-likeness (QED) is 0.722. The smallest absolute Gasteiger partial charge is 0.227 e. The summed E-state index contributed by atoms with van der Waals surface area (Å²) in [5.41, 5.74) is 3.27. The molecule has 2 N–H and O–H groups in total. The van der Waals surface area contributed by atoms with E-state index in [9.17, 15) is 9.59 Å². The monoisotopic (exact) mass is 344 g/mol. The zero-order chi connectivity index (χ0) is 18.2. The Balaban J connectivity index is 1.76. The van der Waals surface area contributed by atoms with E-state index in [1.165, 1.54) is 11.1 Å². The number of hydrogen-bond acceptors (Lipinski definition) is 2. The Morgan fingerprint density at radius 2 is 1.60 bits per heavy atom. The van der Waals surface area contributed by atoms with Crippen molar-refractivity contribution in [3.8, 4) is 0 Å². The van der Waals surface area contributed by atoms with Gasteiger partial charge in [-0.1, -0.05) is 25.8 Å². The number of rotatable bonds is 7. The van der Waals surface area contributed by atoms with Crippen LogP contribution in [0.2, 0.25) is 0 Å². The van der Waals surface area contributed by atoms with Crippen molar-refractivity contribution in [3.05, 3.63) is 29.3 Å².